The highest BCUT2D eigenvalue weighted by Gasteiger charge is 2.14. The summed E-state index contributed by atoms with van der Waals surface area (Å²) in [5, 5.41) is 11.8. The van der Waals surface area contributed by atoms with E-state index in [0.29, 0.717) is 21.9 Å². The zero-order valence-corrected chi connectivity index (χ0v) is 13.1. The number of hydrogen-bond acceptors (Lipinski definition) is 3. The van der Waals surface area contributed by atoms with E-state index in [0.717, 1.165) is 5.56 Å². The fraction of sp³-hybridized carbons (Fsp3) is 0.0769. The van der Waals surface area contributed by atoms with Crippen LogP contribution in [0.4, 0.5) is 5.69 Å². The second-order valence-electron chi connectivity index (χ2n) is 3.84. The van der Waals surface area contributed by atoms with Crippen molar-refractivity contribution in [2.75, 3.05) is 0 Å². The Kier molecular flexibility index (Phi) is 4.86. The maximum Gasteiger partial charge on any atom is 0.271 e. The molecular formula is C13H8BrCl2NO3. The molecule has 0 aliphatic carbocycles. The molecule has 0 fully saturated rings. The Bertz CT molecular complexity index is 664. The molecule has 0 saturated heterocycles. The summed E-state index contributed by atoms with van der Waals surface area (Å²) in [5.74, 6) is 0.786. The van der Waals surface area contributed by atoms with Crippen molar-refractivity contribution in [1.29, 1.82) is 0 Å². The molecule has 0 amide bonds. The maximum atomic E-state index is 10.7. The molecule has 2 aromatic rings. The SMILES string of the molecule is O=[N+]([O-])c1ccc(Oc2c(Cl)cccc2CBr)c(Cl)c1. The van der Waals surface area contributed by atoms with Crippen molar-refractivity contribution in [2.24, 2.45) is 0 Å². The van der Waals surface area contributed by atoms with Crippen LogP contribution in [0, 0.1) is 10.1 Å². The molecule has 0 atom stereocenters. The lowest BCUT2D eigenvalue weighted by Gasteiger charge is -2.12. The van der Waals surface area contributed by atoms with Gasteiger partial charge in [0, 0.05) is 23.0 Å². The summed E-state index contributed by atoms with van der Waals surface area (Å²) in [4.78, 5) is 10.1. The third-order valence-corrected chi connectivity index (χ3v) is 3.73. The van der Waals surface area contributed by atoms with Crippen LogP contribution in [0.15, 0.2) is 36.4 Å². The van der Waals surface area contributed by atoms with Crippen LogP contribution in [0.2, 0.25) is 10.0 Å². The molecule has 2 aromatic carbocycles. The van der Waals surface area contributed by atoms with E-state index in [4.69, 9.17) is 27.9 Å². The van der Waals surface area contributed by atoms with E-state index in [2.05, 4.69) is 15.9 Å². The Morgan fingerprint density at radius 3 is 2.55 bits per heavy atom. The number of non-ortho nitro benzene ring substituents is 1. The first-order chi connectivity index (χ1) is 9.52. The van der Waals surface area contributed by atoms with Crippen LogP contribution in [0.3, 0.4) is 0 Å². The Labute approximate surface area is 133 Å². The largest absolute Gasteiger partial charge is 0.454 e. The summed E-state index contributed by atoms with van der Waals surface area (Å²) in [5.41, 5.74) is 0.758. The Morgan fingerprint density at radius 2 is 1.95 bits per heavy atom. The molecule has 0 unspecified atom stereocenters. The van der Waals surface area contributed by atoms with Crippen molar-refractivity contribution in [1.82, 2.24) is 0 Å². The summed E-state index contributed by atoms with van der Waals surface area (Å²) < 4.78 is 5.68. The van der Waals surface area contributed by atoms with Crippen molar-refractivity contribution in [3.8, 4) is 11.5 Å². The molecule has 0 aliphatic heterocycles. The zero-order chi connectivity index (χ0) is 14.7. The number of halogens is 3. The number of ether oxygens (including phenoxy) is 1. The summed E-state index contributed by atoms with van der Waals surface area (Å²) in [7, 11) is 0. The predicted octanol–water partition coefficient (Wildman–Crippen LogP) is 5.59. The standard InChI is InChI=1S/C13H8BrCl2NO3/c14-7-8-2-1-3-10(15)13(8)20-12-5-4-9(17(18)19)6-11(12)16/h1-6H,7H2. The molecule has 20 heavy (non-hydrogen) atoms. The topological polar surface area (TPSA) is 52.4 Å². The molecule has 0 aromatic heterocycles. The minimum atomic E-state index is -0.519. The quantitative estimate of drug-likeness (QED) is 0.397. The van der Waals surface area contributed by atoms with Crippen LogP contribution >= 0.6 is 39.1 Å². The molecule has 0 N–H and O–H groups in total. The van der Waals surface area contributed by atoms with E-state index < -0.39 is 4.92 Å². The van der Waals surface area contributed by atoms with Gasteiger partial charge in [0.25, 0.3) is 5.69 Å². The van der Waals surface area contributed by atoms with E-state index in [1.165, 1.54) is 18.2 Å². The molecule has 0 bridgehead atoms. The van der Waals surface area contributed by atoms with Crippen molar-refractivity contribution in [3.63, 3.8) is 0 Å². The number of nitro benzene ring substituents is 1. The van der Waals surface area contributed by atoms with Gasteiger partial charge >= 0.3 is 0 Å². The molecule has 104 valence electrons. The number of benzene rings is 2. The highest BCUT2D eigenvalue weighted by molar-refractivity contribution is 9.08. The van der Waals surface area contributed by atoms with Crippen molar-refractivity contribution in [3.05, 3.63) is 62.1 Å². The smallest absolute Gasteiger partial charge is 0.271 e. The average molecular weight is 377 g/mol. The monoisotopic (exact) mass is 375 g/mol. The van der Waals surface area contributed by atoms with Crippen molar-refractivity contribution >= 4 is 44.8 Å². The third-order valence-electron chi connectivity index (χ3n) is 2.53. The fourth-order valence-corrected chi connectivity index (χ4v) is 2.46. The molecule has 7 heteroatoms. The Hall–Kier alpha value is -1.30. The molecule has 4 nitrogen and oxygen atoms in total. The van der Waals surface area contributed by atoms with Crippen LogP contribution in [0.1, 0.15) is 5.56 Å². The first-order valence-corrected chi connectivity index (χ1v) is 7.36. The molecular weight excluding hydrogens is 369 g/mol. The lowest BCUT2D eigenvalue weighted by molar-refractivity contribution is -0.384. The van der Waals surface area contributed by atoms with Gasteiger partial charge in [-0.3, -0.25) is 10.1 Å². The average Bonchev–Trinajstić information content (AvgIpc) is 2.42. The molecule has 0 spiro atoms. The number of nitrogens with zero attached hydrogens (tertiary/aromatic N) is 1. The Balaban J connectivity index is 2.38. The number of alkyl halides is 1. The lowest BCUT2D eigenvalue weighted by atomic mass is 10.2. The van der Waals surface area contributed by atoms with Crippen molar-refractivity contribution in [2.45, 2.75) is 5.33 Å². The highest BCUT2D eigenvalue weighted by atomic mass is 79.9. The summed E-state index contributed by atoms with van der Waals surface area (Å²) >= 11 is 15.4. The molecule has 0 saturated carbocycles. The minimum Gasteiger partial charge on any atom is -0.454 e. The van der Waals surface area contributed by atoms with Crippen LogP contribution < -0.4 is 4.74 Å². The van der Waals surface area contributed by atoms with Crippen LogP contribution in [0.5, 0.6) is 11.5 Å². The second-order valence-corrected chi connectivity index (χ2v) is 5.21. The van der Waals surface area contributed by atoms with E-state index in [1.807, 2.05) is 12.1 Å². The molecule has 2 rings (SSSR count). The van der Waals surface area contributed by atoms with E-state index in [-0.39, 0.29) is 10.7 Å². The van der Waals surface area contributed by atoms with Gasteiger partial charge in [0.15, 0.2) is 0 Å². The van der Waals surface area contributed by atoms with Gasteiger partial charge in [-0.25, -0.2) is 0 Å². The molecule has 0 heterocycles. The number of hydrogen-bond donors (Lipinski definition) is 0. The summed E-state index contributed by atoms with van der Waals surface area (Å²) in [6.07, 6.45) is 0. The van der Waals surface area contributed by atoms with Gasteiger partial charge in [0.05, 0.1) is 15.0 Å². The lowest BCUT2D eigenvalue weighted by Crippen LogP contribution is -1.93. The maximum absolute atomic E-state index is 10.7. The number of nitro groups is 1. The summed E-state index contributed by atoms with van der Waals surface area (Å²) in [6.45, 7) is 0. The van der Waals surface area contributed by atoms with Crippen molar-refractivity contribution < 1.29 is 9.66 Å². The minimum absolute atomic E-state index is 0.0952. The van der Waals surface area contributed by atoms with E-state index >= 15 is 0 Å². The summed E-state index contributed by atoms with van der Waals surface area (Å²) in [6, 6.07) is 9.37. The zero-order valence-electron chi connectivity index (χ0n) is 9.98. The highest BCUT2D eigenvalue weighted by Crippen LogP contribution is 2.38. The Morgan fingerprint density at radius 1 is 1.20 bits per heavy atom. The van der Waals surface area contributed by atoms with Crippen LogP contribution in [-0.4, -0.2) is 4.92 Å². The normalized spacial score (nSPS) is 10.3. The fourth-order valence-electron chi connectivity index (χ4n) is 1.57. The van der Waals surface area contributed by atoms with E-state index in [9.17, 15) is 10.1 Å². The van der Waals surface area contributed by atoms with E-state index in [1.54, 1.807) is 6.07 Å². The van der Waals surface area contributed by atoms with Gasteiger partial charge in [-0.05, 0) is 12.1 Å². The van der Waals surface area contributed by atoms with Crippen LogP contribution in [-0.2, 0) is 5.33 Å². The second kappa shape index (κ2) is 6.43. The van der Waals surface area contributed by atoms with Gasteiger partial charge < -0.3 is 4.74 Å². The van der Waals surface area contributed by atoms with Gasteiger partial charge in [0.1, 0.15) is 11.5 Å². The first-order valence-electron chi connectivity index (χ1n) is 5.48. The van der Waals surface area contributed by atoms with Gasteiger partial charge in [-0.2, -0.15) is 0 Å². The van der Waals surface area contributed by atoms with Gasteiger partial charge in [0.2, 0.25) is 0 Å². The predicted molar refractivity (Wildman–Crippen MR) is 82.3 cm³/mol. The molecule has 0 radical (unpaired) electrons. The van der Waals surface area contributed by atoms with Gasteiger partial charge in [-0.1, -0.05) is 51.3 Å². The number of rotatable bonds is 4. The number of para-hydroxylation sites is 1. The first kappa shape index (κ1) is 15.1. The third kappa shape index (κ3) is 3.23. The van der Waals surface area contributed by atoms with Crippen LogP contribution in [0.25, 0.3) is 0 Å². The molecule has 0 aliphatic rings. The van der Waals surface area contributed by atoms with Gasteiger partial charge in [-0.15, -0.1) is 0 Å².